The fraction of sp³-hybridized carbons (Fsp3) is 0.267. The molecule has 0 N–H and O–H groups in total. The summed E-state index contributed by atoms with van der Waals surface area (Å²) >= 11 is 0. The smallest absolute Gasteiger partial charge is 0.198 e. The summed E-state index contributed by atoms with van der Waals surface area (Å²) in [5, 5.41) is 0. The van der Waals surface area contributed by atoms with Crippen LogP contribution in [0.25, 0.3) is 0 Å². The number of anilines is 1. The van der Waals surface area contributed by atoms with Crippen LogP contribution in [-0.2, 0) is 7.05 Å². The lowest BCUT2D eigenvalue weighted by Crippen LogP contribution is -2.27. The number of Topliss-reactive ketones (excluding diaryl/α,β-unsaturated/α-hetero) is 1. The van der Waals surface area contributed by atoms with Gasteiger partial charge in [0, 0.05) is 26.0 Å². The number of likely N-dealkylation sites (N-methyl/N-ethyl adjacent to an activating group) is 1. The van der Waals surface area contributed by atoms with E-state index >= 15 is 0 Å². The lowest BCUT2D eigenvalue weighted by atomic mass is 10.1. The van der Waals surface area contributed by atoms with Crippen LogP contribution >= 0.6 is 0 Å². The number of para-hydroxylation sites is 1. The van der Waals surface area contributed by atoms with Crippen LogP contribution in [0.3, 0.4) is 0 Å². The highest BCUT2D eigenvalue weighted by atomic mass is 16.1. The molecule has 0 amide bonds. The zero-order valence-electron chi connectivity index (χ0n) is 11.1. The van der Waals surface area contributed by atoms with E-state index in [1.807, 2.05) is 60.1 Å². The SMILES string of the molecule is Cc1ccccc1N(C)CC(=O)c1cccn1C. The maximum absolute atomic E-state index is 12.2. The van der Waals surface area contributed by atoms with Crippen LogP contribution in [0.15, 0.2) is 42.6 Å². The maximum Gasteiger partial charge on any atom is 0.198 e. The summed E-state index contributed by atoms with van der Waals surface area (Å²) in [4.78, 5) is 14.1. The molecule has 0 aliphatic carbocycles. The number of hydrogen-bond donors (Lipinski definition) is 0. The number of carbonyl (C=O) groups is 1. The van der Waals surface area contributed by atoms with Gasteiger partial charge in [-0.1, -0.05) is 18.2 Å². The van der Waals surface area contributed by atoms with E-state index in [0.717, 1.165) is 11.4 Å². The molecule has 0 aliphatic heterocycles. The van der Waals surface area contributed by atoms with Crippen molar-refractivity contribution in [2.75, 3.05) is 18.5 Å². The Hall–Kier alpha value is -2.03. The number of aromatic nitrogens is 1. The average molecular weight is 242 g/mol. The monoisotopic (exact) mass is 242 g/mol. The van der Waals surface area contributed by atoms with Crippen molar-refractivity contribution in [3.8, 4) is 0 Å². The molecule has 0 saturated heterocycles. The molecule has 1 heterocycles. The molecule has 0 radical (unpaired) electrons. The van der Waals surface area contributed by atoms with Crippen molar-refractivity contribution in [3.05, 3.63) is 53.9 Å². The van der Waals surface area contributed by atoms with Gasteiger partial charge in [-0.2, -0.15) is 0 Å². The predicted molar refractivity (Wildman–Crippen MR) is 74.2 cm³/mol. The van der Waals surface area contributed by atoms with E-state index in [9.17, 15) is 4.79 Å². The molecule has 0 aliphatic rings. The van der Waals surface area contributed by atoms with Gasteiger partial charge < -0.3 is 9.47 Å². The molecule has 3 nitrogen and oxygen atoms in total. The Bertz CT molecular complexity index is 557. The number of rotatable bonds is 4. The molecule has 0 bridgehead atoms. The molecule has 1 aromatic carbocycles. The van der Waals surface area contributed by atoms with Gasteiger partial charge in [-0.15, -0.1) is 0 Å². The molecule has 94 valence electrons. The topological polar surface area (TPSA) is 25.2 Å². The van der Waals surface area contributed by atoms with Gasteiger partial charge in [0.25, 0.3) is 0 Å². The average Bonchev–Trinajstić information content (AvgIpc) is 2.76. The lowest BCUT2D eigenvalue weighted by molar-refractivity contribution is 0.0992. The number of ketones is 1. The van der Waals surface area contributed by atoms with Gasteiger partial charge in [0.05, 0.1) is 12.2 Å². The standard InChI is InChI=1S/C15H18N2O/c1-12-7-4-5-8-13(12)17(3)11-15(18)14-9-6-10-16(14)2/h4-10H,11H2,1-3H3. The van der Waals surface area contributed by atoms with Gasteiger partial charge in [0.2, 0.25) is 0 Å². The van der Waals surface area contributed by atoms with Crippen molar-refractivity contribution in [3.63, 3.8) is 0 Å². The van der Waals surface area contributed by atoms with E-state index < -0.39 is 0 Å². The van der Waals surface area contributed by atoms with E-state index in [1.54, 1.807) is 0 Å². The summed E-state index contributed by atoms with van der Waals surface area (Å²) in [6, 6.07) is 11.8. The van der Waals surface area contributed by atoms with Crippen LogP contribution in [0.2, 0.25) is 0 Å². The largest absolute Gasteiger partial charge is 0.367 e. The molecule has 0 atom stereocenters. The zero-order valence-corrected chi connectivity index (χ0v) is 11.1. The Labute approximate surface area is 108 Å². The molecule has 3 heteroatoms. The third-order valence-corrected chi connectivity index (χ3v) is 3.14. The van der Waals surface area contributed by atoms with Crippen molar-refractivity contribution in [2.45, 2.75) is 6.92 Å². The van der Waals surface area contributed by atoms with Crippen molar-refractivity contribution in [1.29, 1.82) is 0 Å². The summed E-state index contributed by atoms with van der Waals surface area (Å²) in [5.74, 6) is 0.133. The normalized spacial score (nSPS) is 10.4. The number of benzene rings is 1. The highest BCUT2D eigenvalue weighted by Crippen LogP contribution is 2.18. The van der Waals surface area contributed by atoms with Crippen molar-refractivity contribution in [1.82, 2.24) is 4.57 Å². The number of hydrogen-bond acceptors (Lipinski definition) is 2. The van der Waals surface area contributed by atoms with Gasteiger partial charge in [0.15, 0.2) is 5.78 Å². The number of nitrogens with zero attached hydrogens (tertiary/aromatic N) is 2. The molecule has 1 aromatic heterocycles. The Morgan fingerprint density at radius 2 is 1.94 bits per heavy atom. The quantitative estimate of drug-likeness (QED) is 0.770. The molecular weight excluding hydrogens is 224 g/mol. The van der Waals surface area contributed by atoms with E-state index in [0.29, 0.717) is 6.54 Å². The molecule has 18 heavy (non-hydrogen) atoms. The minimum atomic E-state index is 0.133. The molecule has 0 spiro atoms. The Morgan fingerprint density at radius 3 is 2.56 bits per heavy atom. The van der Waals surface area contributed by atoms with Crippen molar-refractivity contribution in [2.24, 2.45) is 7.05 Å². The van der Waals surface area contributed by atoms with E-state index in [1.165, 1.54) is 5.56 Å². The summed E-state index contributed by atoms with van der Waals surface area (Å²) in [6.07, 6.45) is 1.89. The number of aryl methyl sites for hydroxylation is 2. The molecule has 0 saturated carbocycles. The second kappa shape index (κ2) is 5.08. The Morgan fingerprint density at radius 1 is 1.22 bits per heavy atom. The van der Waals surface area contributed by atoms with Crippen LogP contribution in [0.5, 0.6) is 0 Å². The molecule has 0 unspecified atom stereocenters. The van der Waals surface area contributed by atoms with E-state index in [4.69, 9.17) is 0 Å². The van der Waals surface area contributed by atoms with Gasteiger partial charge >= 0.3 is 0 Å². The first-order chi connectivity index (χ1) is 8.59. The predicted octanol–water partition coefficient (Wildman–Crippen LogP) is 2.65. The summed E-state index contributed by atoms with van der Waals surface area (Å²) in [6.45, 7) is 2.45. The van der Waals surface area contributed by atoms with Crippen LogP contribution in [0.4, 0.5) is 5.69 Å². The number of carbonyl (C=O) groups excluding carboxylic acids is 1. The van der Waals surface area contributed by atoms with Gasteiger partial charge in [0.1, 0.15) is 0 Å². The second-order valence-electron chi connectivity index (χ2n) is 4.57. The van der Waals surface area contributed by atoms with Crippen molar-refractivity contribution < 1.29 is 4.79 Å². The minimum Gasteiger partial charge on any atom is -0.367 e. The summed E-state index contributed by atoms with van der Waals surface area (Å²) < 4.78 is 1.86. The third-order valence-electron chi connectivity index (χ3n) is 3.14. The first-order valence-electron chi connectivity index (χ1n) is 6.01. The second-order valence-corrected chi connectivity index (χ2v) is 4.57. The lowest BCUT2D eigenvalue weighted by Gasteiger charge is -2.20. The van der Waals surface area contributed by atoms with Crippen LogP contribution in [0.1, 0.15) is 16.1 Å². The highest BCUT2D eigenvalue weighted by Gasteiger charge is 2.13. The van der Waals surface area contributed by atoms with Gasteiger partial charge in [-0.3, -0.25) is 4.79 Å². The van der Waals surface area contributed by atoms with Crippen LogP contribution < -0.4 is 4.90 Å². The molecule has 2 aromatic rings. The minimum absolute atomic E-state index is 0.133. The van der Waals surface area contributed by atoms with E-state index in [2.05, 4.69) is 13.0 Å². The van der Waals surface area contributed by atoms with Gasteiger partial charge in [-0.25, -0.2) is 0 Å². The van der Waals surface area contributed by atoms with Crippen LogP contribution in [-0.4, -0.2) is 23.9 Å². The van der Waals surface area contributed by atoms with Crippen molar-refractivity contribution >= 4 is 11.5 Å². The zero-order chi connectivity index (χ0) is 13.1. The maximum atomic E-state index is 12.2. The summed E-state index contributed by atoms with van der Waals surface area (Å²) in [7, 11) is 3.84. The van der Waals surface area contributed by atoms with Gasteiger partial charge in [-0.05, 0) is 30.7 Å². The fourth-order valence-corrected chi connectivity index (χ4v) is 2.12. The van der Waals surface area contributed by atoms with Crippen LogP contribution in [0, 0.1) is 6.92 Å². The Balaban J connectivity index is 2.13. The highest BCUT2D eigenvalue weighted by molar-refractivity contribution is 5.98. The summed E-state index contributed by atoms with van der Waals surface area (Å²) in [5.41, 5.74) is 3.02. The Kier molecular flexibility index (Phi) is 3.51. The molecular formula is C15H18N2O. The first kappa shape index (κ1) is 12.4. The fourth-order valence-electron chi connectivity index (χ4n) is 2.12. The third kappa shape index (κ3) is 2.45. The molecule has 2 rings (SSSR count). The van der Waals surface area contributed by atoms with E-state index in [-0.39, 0.29) is 5.78 Å². The molecule has 0 fully saturated rings. The first-order valence-corrected chi connectivity index (χ1v) is 6.01.